The minimum Gasteiger partial charge on any atom is -0.442 e. The summed E-state index contributed by atoms with van der Waals surface area (Å²) in [5, 5.41) is 15.1. The molecular weight excluding hydrogens is 382 g/mol. The van der Waals surface area contributed by atoms with E-state index in [0.29, 0.717) is 22.7 Å². The van der Waals surface area contributed by atoms with Crippen molar-refractivity contribution in [2.75, 3.05) is 6.61 Å². The smallest absolute Gasteiger partial charge is 0.435 e. The van der Waals surface area contributed by atoms with E-state index in [4.69, 9.17) is 9.47 Å². The molecule has 4 heterocycles. The molecule has 0 spiro atoms. The van der Waals surface area contributed by atoms with Gasteiger partial charge in [0.2, 0.25) is 0 Å². The Balaban J connectivity index is 1.80. The third-order valence-electron chi connectivity index (χ3n) is 4.44. The molecule has 4 rings (SSSR count). The van der Waals surface area contributed by atoms with E-state index in [1.54, 1.807) is 33.9 Å². The van der Waals surface area contributed by atoms with Crippen LogP contribution in [0.3, 0.4) is 0 Å². The summed E-state index contributed by atoms with van der Waals surface area (Å²) in [4.78, 5) is 28.4. The predicted octanol–water partition coefficient (Wildman–Crippen LogP) is 3.11. The molecular formula is C19H21N3O5S. The highest BCUT2D eigenvalue weighted by molar-refractivity contribution is 7.22. The van der Waals surface area contributed by atoms with Crippen LogP contribution in [0, 0.1) is 6.92 Å². The molecule has 1 aliphatic rings. The van der Waals surface area contributed by atoms with Crippen molar-refractivity contribution < 1.29 is 19.4 Å². The predicted molar refractivity (Wildman–Crippen MR) is 105 cm³/mol. The molecule has 1 unspecified atom stereocenters. The molecule has 0 saturated carbocycles. The fraction of sp³-hybridized carbons (Fsp3) is 0.421. The van der Waals surface area contributed by atoms with Crippen LogP contribution in [-0.4, -0.2) is 38.2 Å². The second-order valence-corrected chi connectivity index (χ2v) is 8.84. The Kier molecular flexibility index (Phi) is 4.40. The first kappa shape index (κ1) is 18.9. The highest BCUT2D eigenvalue weighted by Gasteiger charge is 2.25. The van der Waals surface area contributed by atoms with E-state index in [0.717, 1.165) is 21.4 Å². The maximum Gasteiger partial charge on any atom is 0.435 e. The molecule has 9 heteroatoms. The molecule has 3 aromatic heterocycles. The molecule has 0 bridgehead atoms. The van der Waals surface area contributed by atoms with Crippen LogP contribution in [0.5, 0.6) is 0 Å². The van der Waals surface area contributed by atoms with Crippen LogP contribution in [-0.2, 0) is 16.1 Å². The zero-order chi connectivity index (χ0) is 20.2. The fourth-order valence-electron chi connectivity index (χ4n) is 3.22. The molecule has 0 fully saturated rings. The summed E-state index contributed by atoms with van der Waals surface area (Å²) in [6.07, 6.45) is 0.204. The Morgan fingerprint density at radius 2 is 2.21 bits per heavy atom. The number of hydrogen-bond donors (Lipinski definition) is 2. The van der Waals surface area contributed by atoms with E-state index >= 15 is 0 Å². The van der Waals surface area contributed by atoms with Crippen molar-refractivity contribution in [3.8, 4) is 10.4 Å². The lowest BCUT2D eigenvalue weighted by Gasteiger charge is -2.21. The number of carbonyl (C=O) groups excluding carboxylic acids is 1. The van der Waals surface area contributed by atoms with Crippen LogP contribution < -0.4 is 5.56 Å². The van der Waals surface area contributed by atoms with Crippen LogP contribution in [0.2, 0.25) is 0 Å². The van der Waals surface area contributed by atoms with Gasteiger partial charge in [0, 0.05) is 27.6 Å². The van der Waals surface area contributed by atoms with Crippen LogP contribution in [0.1, 0.15) is 43.8 Å². The quantitative estimate of drug-likeness (QED) is 0.647. The largest absolute Gasteiger partial charge is 0.442 e. The summed E-state index contributed by atoms with van der Waals surface area (Å²) in [7, 11) is 0. The van der Waals surface area contributed by atoms with E-state index in [1.807, 2.05) is 6.07 Å². The number of nitrogens with one attached hydrogen (secondary N) is 1. The van der Waals surface area contributed by atoms with Crippen molar-refractivity contribution in [1.29, 1.82) is 0 Å². The van der Waals surface area contributed by atoms with Gasteiger partial charge in [-0.1, -0.05) is 0 Å². The van der Waals surface area contributed by atoms with Crippen molar-refractivity contribution in [3.05, 3.63) is 39.6 Å². The molecule has 0 saturated heterocycles. The third-order valence-corrected chi connectivity index (χ3v) is 5.60. The van der Waals surface area contributed by atoms with Crippen molar-refractivity contribution in [1.82, 2.24) is 14.8 Å². The van der Waals surface area contributed by atoms with Gasteiger partial charge in [-0.15, -0.1) is 11.3 Å². The SMILES string of the molecule is Cc1nn(C(=O)OC(C)(C)C)cc1-c1cc2c3c([nH]c(=O)c2s1)C(O)COC3. The summed E-state index contributed by atoms with van der Waals surface area (Å²) in [5.74, 6) is 0. The van der Waals surface area contributed by atoms with Gasteiger partial charge >= 0.3 is 6.09 Å². The molecule has 2 N–H and O–H groups in total. The number of fused-ring (bicyclic) bond motifs is 3. The Bertz CT molecular complexity index is 1140. The molecule has 8 nitrogen and oxygen atoms in total. The number of aliphatic hydroxyl groups excluding tert-OH is 1. The third kappa shape index (κ3) is 3.25. The lowest BCUT2D eigenvalue weighted by Crippen LogP contribution is -2.27. The Morgan fingerprint density at radius 3 is 2.93 bits per heavy atom. The first-order valence-electron chi connectivity index (χ1n) is 8.88. The number of nitrogens with zero attached hydrogens (tertiary/aromatic N) is 2. The molecule has 3 aromatic rings. The molecule has 0 aliphatic carbocycles. The van der Waals surface area contributed by atoms with E-state index in [9.17, 15) is 14.7 Å². The lowest BCUT2D eigenvalue weighted by molar-refractivity contribution is 0.00764. The maximum absolute atomic E-state index is 12.5. The van der Waals surface area contributed by atoms with Crippen LogP contribution >= 0.6 is 11.3 Å². The summed E-state index contributed by atoms with van der Waals surface area (Å²) in [6.45, 7) is 7.66. The van der Waals surface area contributed by atoms with Gasteiger partial charge in [-0.05, 0) is 33.8 Å². The van der Waals surface area contributed by atoms with Crippen molar-refractivity contribution >= 4 is 27.5 Å². The van der Waals surface area contributed by atoms with Gasteiger partial charge in [-0.25, -0.2) is 4.79 Å². The molecule has 0 amide bonds. The molecule has 148 valence electrons. The fourth-order valence-corrected chi connectivity index (χ4v) is 4.36. The minimum atomic E-state index is -0.846. The monoisotopic (exact) mass is 403 g/mol. The summed E-state index contributed by atoms with van der Waals surface area (Å²) in [5.41, 5.74) is 1.82. The molecule has 28 heavy (non-hydrogen) atoms. The number of aromatic nitrogens is 3. The second-order valence-electron chi connectivity index (χ2n) is 7.78. The topological polar surface area (TPSA) is 106 Å². The first-order valence-corrected chi connectivity index (χ1v) is 9.70. The zero-order valence-electron chi connectivity index (χ0n) is 16.0. The van der Waals surface area contributed by atoms with Crippen LogP contribution in [0.4, 0.5) is 4.79 Å². The summed E-state index contributed by atoms with van der Waals surface area (Å²) < 4.78 is 12.5. The number of ether oxygens (including phenoxy) is 2. The van der Waals surface area contributed by atoms with Gasteiger partial charge in [0.05, 0.1) is 24.6 Å². The Labute approximate surface area is 164 Å². The van der Waals surface area contributed by atoms with Crippen molar-refractivity contribution in [3.63, 3.8) is 0 Å². The van der Waals surface area contributed by atoms with Crippen LogP contribution in [0.25, 0.3) is 20.5 Å². The number of carbonyl (C=O) groups is 1. The minimum absolute atomic E-state index is 0.160. The normalized spacial score (nSPS) is 17.0. The number of hydrogen-bond acceptors (Lipinski definition) is 7. The number of pyridine rings is 1. The second kappa shape index (κ2) is 6.54. The van der Waals surface area contributed by atoms with Gasteiger partial charge in [0.1, 0.15) is 16.4 Å². The number of aromatic amines is 1. The van der Waals surface area contributed by atoms with Gasteiger partial charge in [0.15, 0.2) is 0 Å². The standard InChI is InChI=1S/C19H21N3O5S/c1-9-11(6-22(21-9)18(25)27-19(2,3)4)14-5-10-12-7-26-8-13(23)15(12)20-17(24)16(10)28-14/h5-6,13,23H,7-8H2,1-4H3,(H,20,24). The first-order chi connectivity index (χ1) is 13.1. The summed E-state index contributed by atoms with van der Waals surface area (Å²) in [6, 6.07) is 1.89. The number of thiophene rings is 1. The van der Waals surface area contributed by atoms with Crippen LogP contribution in [0.15, 0.2) is 17.1 Å². The van der Waals surface area contributed by atoms with Gasteiger partial charge in [-0.2, -0.15) is 9.78 Å². The van der Waals surface area contributed by atoms with Crippen molar-refractivity contribution in [2.24, 2.45) is 0 Å². The van der Waals surface area contributed by atoms with E-state index in [2.05, 4.69) is 10.1 Å². The summed E-state index contributed by atoms with van der Waals surface area (Å²) >= 11 is 1.32. The van der Waals surface area contributed by atoms with Gasteiger partial charge in [-0.3, -0.25) is 4.79 Å². The number of aliphatic hydroxyl groups is 1. The average Bonchev–Trinajstić information content (AvgIpc) is 3.19. The van der Waals surface area contributed by atoms with E-state index in [-0.39, 0.29) is 12.2 Å². The maximum atomic E-state index is 12.5. The molecule has 1 aliphatic heterocycles. The van der Waals surface area contributed by atoms with Crippen molar-refractivity contribution in [2.45, 2.75) is 46.0 Å². The van der Waals surface area contributed by atoms with E-state index in [1.165, 1.54) is 16.0 Å². The number of H-pyrrole nitrogens is 1. The Hall–Kier alpha value is -2.49. The highest BCUT2D eigenvalue weighted by atomic mass is 32.1. The lowest BCUT2D eigenvalue weighted by atomic mass is 10.0. The Morgan fingerprint density at radius 1 is 1.46 bits per heavy atom. The molecule has 0 radical (unpaired) electrons. The number of aryl methyl sites for hydroxylation is 1. The van der Waals surface area contributed by atoms with E-state index < -0.39 is 17.8 Å². The number of rotatable bonds is 1. The van der Waals surface area contributed by atoms with Gasteiger partial charge < -0.3 is 19.6 Å². The average molecular weight is 403 g/mol. The zero-order valence-corrected chi connectivity index (χ0v) is 16.8. The van der Waals surface area contributed by atoms with Gasteiger partial charge in [0.25, 0.3) is 5.56 Å². The molecule has 0 aromatic carbocycles. The highest BCUT2D eigenvalue weighted by Crippen LogP contribution is 2.37. The molecule has 1 atom stereocenters.